The first-order valence-corrected chi connectivity index (χ1v) is 8.82. The number of sulfonamides is 1. The predicted molar refractivity (Wildman–Crippen MR) is 78.7 cm³/mol. The molecule has 1 atom stereocenters. The van der Waals surface area contributed by atoms with Crippen molar-refractivity contribution in [1.29, 1.82) is 0 Å². The molecular weight excluding hydrogens is 292 g/mol. The standard InChI is InChI=1S/C14H22N2O4S/c1-10(11-6-4-2-3-5-7-11)16-21(19,20)12-8-13(14(17)18)15-9-12/h8-11,15-16H,2-7H2,1H3,(H,17,18)/t10-/m1/s1. The van der Waals surface area contributed by atoms with Crippen LogP contribution in [-0.2, 0) is 10.0 Å². The highest BCUT2D eigenvalue weighted by molar-refractivity contribution is 7.89. The van der Waals surface area contributed by atoms with Crippen LogP contribution >= 0.6 is 0 Å². The number of carboxylic acid groups (broad SMARTS) is 1. The summed E-state index contributed by atoms with van der Waals surface area (Å²) in [5.74, 6) is -0.826. The first-order chi connectivity index (χ1) is 9.90. The molecule has 0 unspecified atom stereocenters. The second-order valence-corrected chi connectivity index (χ2v) is 7.43. The number of aromatic amines is 1. The molecule has 1 aromatic rings. The van der Waals surface area contributed by atoms with Crippen molar-refractivity contribution in [1.82, 2.24) is 9.71 Å². The molecule has 1 aliphatic carbocycles. The molecule has 1 aromatic heterocycles. The molecule has 0 saturated heterocycles. The highest BCUT2D eigenvalue weighted by Gasteiger charge is 2.25. The van der Waals surface area contributed by atoms with Crippen molar-refractivity contribution in [2.24, 2.45) is 5.92 Å². The van der Waals surface area contributed by atoms with Gasteiger partial charge < -0.3 is 10.1 Å². The SMILES string of the molecule is C[C@@H](NS(=O)(=O)c1c[nH]c(C(=O)O)c1)C1CCCCCC1. The Kier molecular flexibility index (Phi) is 5.05. The maximum Gasteiger partial charge on any atom is 0.352 e. The Hall–Kier alpha value is -1.34. The molecule has 2 rings (SSSR count). The Morgan fingerprint density at radius 2 is 1.95 bits per heavy atom. The van der Waals surface area contributed by atoms with E-state index >= 15 is 0 Å². The Morgan fingerprint density at radius 1 is 1.33 bits per heavy atom. The van der Waals surface area contributed by atoms with Crippen molar-refractivity contribution in [3.8, 4) is 0 Å². The van der Waals surface area contributed by atoms with E-state index in [2.05, 4.69) is 9.71 Å². The van der Waals surface area contributed by atoms with Gasteiger partial charge in [-0.25, -0.2) is 17.9 Å². The zero-order valence-corrected chi connectivity index (χ0v) is 12.9. The summed E-state index contributed by atoms with van der Waals surface area (Å²) in [5.41, 5.74) is -0.127. The molecule has 1 aliphatic rings. The minimum atomic E-state index is -3.68. The molecule has 0 spiro atoms. The number of hydrogen-bond donors (Lipinski definition) is 3. The number of aromatic carboxylic acids is 1. The number of nitrogens with one attached hydrogen (secondary N) is 2. The third kappa shape index (κ3) is 4.07. The molecule has 118 valence electrons. The average molecular weight is 314 g/mol. The van der Waals surface area contributed by atoms with Crippen molar-refractivity contribution in [2.75, 3.05) is 0 Å². The van der Waals surface area contributed by atoms with Gasteiger partial charge in [-0.3, -0.25) is 0 Å². The summed E-state index contributed by atoms with van der Waals surface area (Å²) in [5, 5.41) is 8.83. The van der Waals surface area contributed by atoms with Gasteiger partial charge in [0.15, 0.2) is 0 Å². The molecule has 0 aliphatic heterocycles. The van der Waals surface area contributed by atoms with E-state index in [1.165, 1.54) is 19.0 Å². The molecule has 21 heavy (non-hydrogen) atoms. The van der Waals surface area contributed by atoms with Crippen molar-refractivity contribution >= 4 is 16.0 Å². The molecule has 0 bridgehead atoms. The lowest BCUT2D eigenvalue weighted by Gasteiger charge is -2.23. The molecule has 3 N–H and O–H groups in total. The van der Waals surface area contributed by atoms with E-state index in [0.717, 1.165) is 31.7 Å². The monoisotopic (exact) mass is 314 g/mol. The highest BCUT2D eigenvalue weighted by Crippen LogP contribution is 2.26. The van der Waals surface area contributed by atoms with E-state index in [1.54, 1.807) is 0 Å². The van der Waals surface area contributed by atoms with Gasteiger partial charge in [0.2, 0.25) is 10.0 Å². The van der Waals surface area contributed by atoms with Crippen LogP contribution in [-0.4, -0.2) is 30.5 Å². The molecule has 1 saturated carbocycles. The summed E-state index contributed by atoms with van der Waals surface area (Å²) in [6.45, 7) is 1.89. The maximum absolute atomic E-state index is 12.3. The Labute approximate surface area is 125 Å². The molecule has 7 heteroatoms. The van der Waals surface area contributed by atoms with Crippen LogP contribution in [0.15, 0.2) is 17.2 Å². The average Bonchev–Trinajstić information content (AvgIpc) is 2.76. The van der Waals surface area contributed by atoms with E-state index in [0.29, 0.717) is 5.92 Å². The van der Waals surface area contributed by atoms with Gasteiger partial charge in [0.05, 0.1) is 0 Å². The van der Waals surface area contributed by atoms with Crippen LogP contribution in [0.1, 0.15) is 55.9 Å². The lowest BCUT2D eigenvalue weighted by Crippen LogP contribution is -2.37. The molecule has 1 fully saturated rings. The lowest BCUT2D eigenvalue weighted by molar-refractivity contribution is 0.0691. The molecule has 0 amide bonds. The van der Waals surface area contributed by atoms with E-state index in [-0.39, 0.29) is 16.6 Å². The van der Waals surface area contributed by atoms with Crippen LogP contribution in [0.25, 0.3) is 0 Å². The Bertz CT molecular complexity index is 586. The molecule has 1 heterocycles. The minimum absolute atomic E-state index is 0.0274. The fraction of sp³-hybridized carbons (Fsp3) is 0.643. The van der Waals surface area contributed by atoms with Crippen LogP contribution in [0.2, 0.25) is 0 Å². The van der Waals surface area contributed by atoms with Crippen molar-refractivity contribution in [3.05, 3.63) is 18.0 Å². The van der Waals surface area contributed by atoms with E-state index in [9.17, 15) is 13.2 Å². The van der Waals surface area contributed by atoms with Crippen LogP contribution in [0.3, 0.4) is 0 Å². The van der Waals surface area contributed by atoms with E-state index in [1.807, 2.05) is 6.92 Å². The maximum atomic E-state index is 12.3. The van der Waals surface area contributed by atoms with Gasteiger partial charge in [0, 0.05) is 12.2 Å². The van der Waals surface area contributed by atoms with Crippen molar-refractivity contribution < 1.29 is 18.3 Å². The molecule has 0 radical (unpaired) electrons. The second-order valence-electron chi connectivity index (χ2n) is 5.72. The molecule has 0 aromatic carbocycles. The van der Waals surface area contributed by atoms with Gasteiger partial charge in [-0.05, 0) is 31.7 Å². The number of aromatic nitrogens is 1. The third-order valence-corrected chi connectivity index (χ3v) is 5.68. The third-order valence-electron chi connectivity index (χ3n) is 4.15. The normalized spacial score (nSPS) is 19.1. The fourth-order valence-electron chi connectivity index (χ4n) is 2.87. The van der Waals surface area contributed by atoms with E-state index < -0.39 is 16.0 Å². The highest BCUT2D eigenvalue weighted by atomic mass is 32.2. The summed E-state index contributed by atoms with van der Waals surface area (Å²) >= 11 is 0. The van der Waals surface area contributed by atoms with Gasteiger partial charge in [0.25, 0.3) is 0 Å². The quantitative estimate of drug-likeness (QED) is 0.726. The number of carbonyl (C=O) groups is 1. The molecular formula is C14H22N2O4S. The minimum Gasteiger partial charge on any atom is -0.477 e. The summed E-state index contributed by atoms with van der Waals surface area (Å²) in [7, 11) is -3.68. The van der Waals surface area contributed by atoms with Gasteiger partial charge in [-0.1, -0.05) is 25.7 Å². The first kappa shape index (κ1) is 16.0. The van der Waals surface area contributed by atoms with Crippen molar-refractivity contribution in [2.45, 2.75) is 56.4 Å². The second kappa shape index (κ2) is 6.62. The van der Waals surface area contributed by atoms with Crippen LogP contribution in [0.4, 0.5) is 0 Å². The van der Waals surface area contributed by atoms with Gasteiger partial charge >= 0.3 is 5.97 Å². The summed E-state index contributed by atoms with van der Waals surface area (Å²) in [6, 6.07) is 1.00. The Morgan fingerprint density at radius 3 is 2.48 bits per heavy atom. The summed E-state index contributed by atoms with van der Waals surface area (Å²) in [6.07, 6.45) is 8.01. The predicted octanol–water partition coefficient (Wildman–Crippen LogP) is 2.35. The molecule has 6 nitrogen and oxygen atoms in total. The topological polar surface area (TPSA) is 99.3 Å². The van der Waals surface area contributed by atoms with Crippen LogP contribution in [0.5, 0.6) is 0 Å². The zero-order chi connectivity index (χ0) is 15.5. The van der Waals surface area contributed by atoms with E-state index in [4.69, 9.17) is 5.11 Å². The van der Waals surface area contributed by atoms with Gasteiger partial charge in [0.1, 0.15) is 10.6 Å². The zero-order valence-electron chi connectivity index (χ0n) is 12.1. The summed E-state index contributed by atoms with van der Waals surface area (Å²) < 4.78 is 27.2. The van der Waals surface area contributed by atoms with Crippen LogP contribution in [0, 0.1) is 5.92 Å². The number of H-pyrrole nitrogens is 1. The fourth-order valence-corrected chi connectivity index (χ4v) is 4.18. The van der Waals surface area contributed by atoms with Crippen LogP contribution < -0.4 is 4.72 Å². The number of carboxylic acids is 1. The first-order valence-electron chi connectivity index (χ1n) is 7.34. The largest absolute Gasteiger partial charge is 0.477 e. The lowest BCUT2D eigenvalue weighted by atomic mass is 9.94. The van der Waals surface area contributed by atoms with Gasteiger partial charge in [-0.15, -0.1) is 0 Å². The number of hydrogen-bond acceptors (Lipinski definition) is 3. The summed E-state index contributed by atoms with van der Waals surface area (Å²) in [4.78, 5) is 13.2. The van der Waals surface area contributed by atoms with Gasteiger partial charge in [-0.2, -0.15) is 0 Å². The van der Waals surface area contributed by atoms with Crippen molar-refractivity contribution in [3.63, 3.8) is 0 Å². The Balaban J connectivity index is 2.06. The number of rotatable bonds is 5. The smallest absolute Gasteiger partial charge is 0.352 e.